The van der Waals surface area contributed by atoms with Crippen LogP contribution in [-0.4, -0.2) is 82.3 Å². The smallest absolute Gasteiger partial charge is 0.243 e. The van der Waals surface area contributed by atoms with E-state index in [2.05, 4.69) is 10.3 Å². The molecule has 1 aromatic rings. The zero-order chi connectivity index (χ0) is 18.8. The molecular formula is C19H30N4O3. The zero-order valence-corrected chi connectivity index (χ0v) is 16.0. The Morgan fingerprint density at radius 1 is 1.31 bits per heavy atom. The minimum atomic E-state index is -0.0255. The van der Waals surface area contributed by atoms with Gasteiger partial charge in [-0.2, -0.15) is 0 Å². The van der Waals surface area contributed by atoms with Gasteiger partial charge in [0.05, 0.1) is 13.2 Å². The van der Waals surface area contributed by atoms with Crippen LogP contribution in [0, 0.1) is 5.92 Å². The largest absolute Gasteiger partial charge is 0.492 e. The van der Waals surface area contributed by atoms with E-state index >= 15 is 0 Å². The molecule has 0 spiro atoms. The number of nitrogens with zero attached hydrogens (tertiary/aromatic N) is 3. The normalized spacial score (nSPS) is 17.0. The topological polar surface area (TPSA) is 66.4 Å². The predicted molar refractivity (Wildman–Crippen MR) is 102 cm³/mol. The van der Waals surface area contributed by atoms with Crippen LogP contribution in [0.5, 0.6) is 5.75 Å². The Balaban J connectivity index is 1.87. The Bertz CT molecular complexity index is 571. The van der Waals surface area contributed by atoms with Gasteiger partial charge < -0.3 is 24.6 Å². The third kappa shape index (κ3) is 6.92. The Hall–Kier alpha value is -2.28. The van der Waals surface area contributed by atoms with Crippen molar-refractivity contribution < 1.29 is 14.3 Å². The van der Waals surface area contributed by atoms with E-state index in [-0.39, 0.29) is 12.5 Å². The molecule has 0 bridgehead atoms. The number of likely N-dealkylation sites (N-methyl/N-ethyl adjacent to an activating group) is 2. The first-order valence-corrected chi connectivity index (χ1v) is 9.01. The fourth-order valence-electron chi connectivity index (χ4n) is 2.50. The molecule has 0 aromatic heterocycles. The molecule has 0 aliphatic carbocycles. The van der Waals surface area contributed by atoms with Crippen LogP contribution in [0.4, 0.5) is 0 Å². The summed E-state index contributed by atoms with van der Waals surface area (Å²) in [6.45, 7) is 3.71. The summed E-state index contributed by atoms with van der Waals surface area (Å²) in [5.74, 6) is 2.02. The molecule has 0 radical (unpaired) electrons. The van der Waals surface area contributed by atoms with Gasteiger partial charge in [-0.3, -0.25) is 4.79 Å². The van der Waals surface area contributed by atoms with Crippen molar-refractivity contribution in [2.45, 2.75) is 6.42 Å². The molecule has 1 atom stereocenters. The van der Waals surface area contributed by atoms with E-state index in [1.165, 1.54) is 0 Å². The van der Waals surface area contributed by atoms with E-state index in [0.29, 0.717) is 25.0 Å². The summed E-state index contributed by atoms with van der Waals surface area (Å²) in [4.78, 5) is 19.9. The van der Waals surface area contributed by atoms with Crippen molar-refractivity contribution in [2.24, 2.45) is 10.9 Å². The van der Waals surface area contributed by atoms with E-state index in [9.17, 15) is 4.79 Å². The third-order valence-corrected chi connectivity index (χ3v) is 4.24. The van der Waals surface area contributed by atoms with Crippen LogP contribution in [0.1, 0.15) is 6.42 Å². The molecule has 144 valence electrons. The standard InChI is InChI=1S/C19H30N4O3/c1-22(2)18(24)14-21-19(20-13-16-9-11-25-15-16)23(3)10-12-26-17-7-5-4-6-8-17/h4-8,16H,9-15H2,1-3H3,(H,20,21). The van der Waals surface area contributed by atoms with Crippen molar-refractivity contribution in [1.82, 2.24) is 15.1 Å². The second kappa shape index (κ2) is 10.7. The number of hydrogen-bond acceptors (Lipinski definition) is 4. The van der Waals surface area contributed by atoms with Gasteiger partial charge >= 0.3 is 0 Å². The average Bonchev–Trinajstić information content (AvgIpc) is 3.15. The summed E-state index contributed by atoms with van der Waals surface area (Å²) >= 11 is 0. The number of carbonyl (C=O) groups excluding carboxylic acids is 1. The molecule has 1 unspecified atom stereocenters. The number of rotatable bonds is 8. The molecule has 0 saturated carbocycles. The fraction of sp³-hybridized carbons (Fsp3) is 0.579. The molecule has 1 amide bonds. The van der Waals surface area contributed by atoms with Crippen molar-refractivity contribution in [3.63, 3.8) is 0 Å². The third-order valence-electron chi connectivity index (χ3n) is 4.24. The van der Waals surface area contributed by atoms with Gasteiger partial charge in [-0.05, 0) is 18.6 Å². The van der Waals surface area contributed by atoms with Crippen molar-refractivity contribution in [3.8, 4) is 5.75 Å². The highest BCUT2D eigenvalue weighted by Gasteiger charge is 2.17. The quantitative estimate of drug-likeness (QED) is 0.553. The maximum Gasteiger partial charge on any atom is 0.243 e. The maximum absolute atomic E-state index is 11.9. The summed E-state index contributed by atoms with van der Waals surface area (Å²) in [5.41, 5.74) is 0. The van der Waals surface area contributed by atoms with Gasteiger partial charge in [0.2, 0.25) is 5.91 Å². The van der Waals surface area contributed by atoms with Gasteiger partial charge in [0.25, 0.3) is 0 Å². The Morgan fingerprint density at radius 2 is 2.08 bits per heavy atom. The van der Waals surface area contributed by atoms with Crippen LogP contribution in [0.15, 0.2) is 35.3 Å². The van der Waals surface area contributed by atoms with Crippen molar-refractivity contribution in [2.75, 3.05) is 60.6 Å². The molecule has 1 aliphatic heterocycles. The van der Waals surface area contributed by atoms with Crippen LogP contribution < -0.4 is 10.1 Å². The van der Waals surface area contributed by atoms with Crippen molar-refractivity contribution in [1.29, 1.82) is 0 Å². The van der Waals surface area contributed by atoms with Crippen LogP contribution in [0.3, 0.4) is 0 Å². The first-order valence-electron chi connectivity index (χ1n) is 9.01. The summed E-state index contributed by atoms with van der Waals surface area (Å²) in [6.07, 6.45) is 1.05. The molecule has 1 fully saturated rings. The number of aliphatic imine (C=N–C) groups is 1. The molecule has 1 heterocycles. The number of benzene rings is 1. The maximum atomic E-state index is 11.9. The van der Waals surface area contributed by atoms with Gasteiger partial charge in [-0.25, -0.2) is 4.99 Å². The van der Waals surface area contributed by atoms with Crippen molar-refractivity contribution >= 4 is 11.9 Å². The summed E-state index contributed by atoms with van der Waals surface area (Å²) in [5, 5.41) is 3.37. The number of guanidine groups is 1. The lowest BCUT2D eigenvalue weighted by atomic mass is 10.1. The lowest BCUT2D eigenvalue weighted by Gasteiger charge is -2.24. The van der Waals surface area contributed by atoms with Crippen molar-refractivity contribution in [3.05, 3.63) is 30.3 Å². The van der Waals surface area contributed by atoms with Gasteiger partial charge in [0.1, 0.15) is 18.9 Å². The van der Waals surface area contributed by atoms with E-state index in [4.69, 9.17) is 9.47 Å². The van der Waals surface area contributed by atoms with Gasteiger partial charge in [0.15, 0.2) is 5.96 Å². The molecule has 26 heavy (non-hydrogen) atoms. The molecular weight excluding hydrogens is 332 g/mol. The van der Waals surface area contributed by atoms with E-state index < -0.39 is 0 Å². The summed E-state index contributed by atoms with van der Waals surface area (Å²) in [6, 6.07) is 9.72. The number of carbonyl (C=O) groups is 1. The highest BCUT2D eigenvalue weighted by Crippen LogP contribution is 2.11. The minimum absolute atomic E-state index is 0.0255. The van der Waals surface area contributed by atoms with Crippen LogP contribution >= 0.6 is 0 Å². The lowest BCUT2D eigenvalue weighted by Crippen LogP contribution is -2.43. The second-order valence-electron chi connectivity index (χ2n) is 6.62. The fourth-order valence-corrected chi connectivity index (χ4v) is 2.50. The Labute approximate surface area is 156 Å². The monoisotopic (exact) mass is 362 g/mol. The van der Waals surface area contributed by atoms with E-state index in [1.807, 2.05) is 42.3 Å². The summed E-state index contributed by atoms with van der Waals surface area (Å²) in [7, 11) is 5.42. The highest BCUT2D eigenvalue weighted by atomic mass is 16.5. The van der Waals surface area contributed by atoms with Gasteiger partial charge in [0, 0.05) is 40.2 Å². The number of ether oxygens (including phenoxy) is 2. The minimum Gasteiger partial charge on any atom is -0.492 e. The molecule has 1 N–H and O–H groups in total. The first-order chi connectivity index (χ1) is 12.6. The second-order valence-corrected chi connectivity index (χ2v) is 6.62. The molecule has 7 nitrogen and oxygen atoms in total. The number of para-hydroxylation sites is 1. The summed E-state index contributed by atoms with van der Waals surface area (Å²) < 4.78 is 11.2. The number of nitrogens with one attached hydrogen (secondary N) is 1. The molecule has 1 saturated heterocycles. The number of amides is 1. The zero-order valence-electron chi connectivity index (χ0n) is 16.0. The average molecular weight is 362 g/mol. The van der Waals surface area contributed by atoms with E-state index in [0.717, 1.165) is 31.9 Å². The highest BCUT2D eigenvalue weighted by molar-refractivity contribution is 5.84. The number of hydrogen-bond donors (Lipinski definition) is 1. The molecule has 2 rings (SSSR count). The predicted octanol–water partition coefficient (Wildman–Crippen LogP) is 1.07. The van der Waals surface area contributed by atoms with Gasteiger partial charge in [-0.15, -0.1) is 0 Å². The Morgan fingerprint density at radius 3 is 2.73 bits per heavy atom. The molecule has 1 aliphatic rings. The first kappa shape index (κ1) is 20.0. The van der Waals surface area contributed by atoms with Gasteiger partial charge in [-0.1, -0.05) is 18.2 Å². The SMILES string of the molecule is CN(C)C(=O)CN=C(NCC1CCOC1)N(C)CCOc1ccccc1. The molecule has 7 heteroatoms. The Kier molecular flexibility index (Phi) is 8.21. The lowest BCUT2D eigenvalue weighted by molar-refractivity contribution is -0.127. The molecule has 1 aromatic carbocycles. The van der Waals surface area contributed by atoms with Crippen LogP contribution in [0.2, 0.25) is 0 Å². The van der Waals surface area contributed by atoms with Crippen LogP contribution in [0.25, 0.3) is 0 Å². The van der Waals surface area contributed by atoms with Crippen LogP contribution in [-0.2, 0) is 9.53 Å². The van der Waals surface area contributed by atoms with E-state index in [1.54, 1.807) is 19.0 Å².